The number of ether oxygens (including phenoxy) is 2. The van der Waals surface area contributed by atoms with Gasteiger partial charge in [0.05, 0.1) is 25.8 Å². The summed E-state index contributed by atoms with van der Waals surface area (Å²) in [5.41, 5.74) is 0. The van der Waals surface area contributed by atoms with Gasteiger partial charge in [0.15, 0.2) is 5.82 Å². The van der Waals surface area contributed by atoms with E-state index in [1.54, 1.807) is 18.3 Å². The minimum Gasteiger partial charge on any atom is -0.383 e. The van der Waals surface area contributed by atoms with Crippen LogP contribution in [0.1, 0.15) is 31.7 Å². The molecule has 2 aliphatic rings. The van der Waals surface area contributed by atoms with Crippen molar-refractivity contribution < 1.29 is 14.3 Å². The summed E-state index contributed by atoms with van der Waals surface area (Å²) in [6.07, 6.45) is 3.80. The maximum Gasteiger partial charge on any atom is 0.317 e. The van der Waals surface area contributed by atoms with E-state index >= 15 is 0 Å². The summed E-state index contributed by atoms with van der Waals surface area (Å²) in [5.74, 6) is 1.33. The first-order valence-corrected chi connectivity index (χ1v) is 8.26. The lowest BCUT2D eigenvalue weighted by atomic mass is 10.2. The molecule has 2 heterocycles. The average molecular weight is 323 g/mol. The topological polar surface area (TPSA) is 81.5 Å². The maximum atomic E-state index is 12.5. The third kappa shape index (κ3) is 3.81. The van der Waals surface area contributed by atoms with Crippen LogP contribution < -0.4 is 5.32 Å². The Morgan fingerprint density at radius 1 is 1.57 bits per heavy atom. The summed E-state index contributed by atoms with van der Waals surface area (Å²) >= 11 is 0. The monoisotopic (exact) mass is 323 g/mol. The number of aryl methyl sites for hydroxylation is 1. The SMILES string of the molecule is CCn1cnnc1C1CN(C(=O)NC(COC)C2CC2)CCO1. The second-order valence-corrected chi connectivity index (χ2v) is 6.13. The molecule has 2 atom stereocenters. The number of nitrogens with one attached hydrogen (secondary N) is 1. The molecular formula is C15H25N5O3. The fourth-order valence-corrected chi connectivity index (χ4v) is 2.97. The zero-order chi connectivity index (χ0) is 16.2. The molecule has 0 spiro atoms. The van der Waals surface area contributed by atoms with E-state index in [0.29, 0.717) is 32.2 Å². The average Bonchev–Trinajstić information content (AvgIpc) is 3.31. The van der Waals surface area contributed by atoms with Gasteiger partial charge in [0, 0.05) is 20.2 Å². The number of nitrogens with zero attached hydrogens (tertiary/aromatic N) is 4. The van der Waals surface area contributed by atoms with E-state index in [9.17, 15) is 4.79 Å². The first-order chi connectivity index (χ1) is 11.2. The molecule has 3 rings (SSSR count). The van der Waals surface area contributed by atoms with E-state index in [4.69, 9.17) is 9.47 Å². The Kier molecular flexibility index (Phi) is 5.12. The molecule has 2 fully saturated rings. The Balaban J connectivity index is 1.60. The molecule has 1 saturated carbocycles. The molecule has 1 aliphatic carbocycles. The lowest BCUT2D eigenvalue weighted by Gasteiger charge is -2.33. The fourth-order valence-electron chi connectivity index (χ4n) is 2.97. The minimum absolute atomic E-state index is 0.0465. The van der Waals surface area contributed by atoms with E-state index < -0.39 is 0 Å². The van der Waals surface area contributed by atoms with Gasteiger partial charge in [-0.1, -0.05) is 0 Å². The van der Waals surface area contributed by atoms with Crippen LogP contribution in [0.5, 0.6) is 0 Å². The number of urea groups is 1. The highest BCUT2D eigenvalue weighted by Crippen LogP contribution is 2.33. The number of carbonyl (C=O) groups is 1. The van der Waals surface area contributed by atoms with Crippen molar-refractivity contribution in [3.05, 3.63) is 12.2 Å². The zero-order valence-corrected chi connectivity index (χ0v) is 13.8. The molecule has 2 amide bonds. The van der Waals surface area contributed by atoms with Crippen molar-refractivity contribution in [3.63, 3.8) is 0 Å². The lowest BCUT2D eigenvalue weighted by Crippen LogP contribution is -2.51. The van der Waals surface area contributed by atoms with Gasteiger partial charge in [0.2, 0.25) is 0 Å². The van der Waals surface area contributed by atoms with Crippen LogP contribution in [-0.4, -0.2) is 65.2 Å². The predicted octanol–water partition coefficient (Wildman–Crippen LogP) is 0.806. The first kappa shape index (κ1) is 16.2. The number of carbonyl (C=O) groups excluding carboxylic acids is 1. The quantitative estimate of drug-likeness (QED) is 0.838. The molecule has 0 aromatic carbocycles. The van der Waals surface area contributed by atoms with E-state index in [-0.39, 0.29) is 18.2 Å². The number of morpholine rings is 1. The summed E-state index contributed by atoms with van der Waals surface area (Å²) in [7, 11) is 1.67. The summed E-state index contributed by atoms with van der Waals surface area (Å²) in [4.78, 5) is 14.3. The van der Waals surface area contributed by atoms with Crippen LogP contribution >= 0.6 is 0 Å². The van der Waals surface area contributed by atoms with Crippen molar-refractivity contribution in [1.82, 2.24) is 25.0 Å². The van der Waals surface area contributed by atoms with E-state index in [2.05, 4.69) is 15.5 Å². The molecule has 1 N–H and O–H groups in total. The van der Waals surface area contributed by atoms with Gasteiger partial charge < -0.3 is 24.3 Å². The molecule has 1 aromatic heterocycles. The van der Waals surface area contributed by atoms with Crippen LogP contribution in [0.15, 0.2) is 6.33 Å². The molecule has 8 heteroatoms. The molecule has 1 aliphatic heterocycles. The van der Waals surface area contributed by atoms with Gasteiger partial charge in [-0.2, -0.15) is 0 Å². The van der Waals surface area contributed by atoms with Crippen LogP contribution in [0.4, 0.5) is 4.79 Å². The smallest absolute Gasteiger partial charge is 0.317 e. The van der Waals surface area contributed by atoms with Gasteiger partial charge in [0.25, 0.3) is 0 Å². The number of hydrogen-bond donors (Lipinski definition) is 1. The standard InChI is InChI=1S/C15H25N5O3/c1-3-19-10-16-18-14(19)13-8-20(6-7-23-13)15(21)17-12(9-22-2)11-4-5-11/h10-13H,3-9H2,1-2H3,(H,17,21). The second-order valence-electron chi connectivity index (χ2n) is 6.13. The number of methoxy groups -OCH3 is 1. The molecule has 2 unspecified atom stereocenters. The Hall–Kier alpha value is -1.67. The Labute approximate surface area is 136 Å². The van der Waals surface area contributed by atoms with Gasteiger partial charge >= 0.3 is 6.03 Å². The van der Waals surface area contributed by atoms with Crippen LogP contribution in [0, 0.1) is 5.92 Å². The molecule has 0 radical (unpaired) electrons. The highest BCUT2D eigenvalue weighted by atomic mass is 16.5. The molecule has 1 saturated heterocycles. The third-order valence-corrected chi connectivity index (χ3v) is 4.47. The van der Waals surface area contributed by atoms with Crippen LogP contribution in [0.25, 0.3) is 0 Å². The zero-order valence-electron chi connectivity index (χ0n) is 13.8. The highest BCUT2D eigenvalue weighted by Gasteiger charge is 2.35. The molecule has 1 aromatic rings. The number of rotatable bonds is 6. The third-order valence-electron chi connectivity index (χ3n) is 4.47. The van der Waals surface area contributed by atoms with Crippen LogP contribution in [0.2, 0.25) is 0 Å². The molecule has 128 valence electrons. The van der Waals surface area contributed by atoms with Crippen molar-refractivity contribution in [3.8, 4) is 0 Å². The predicted molar refractivity (Wildman–Crippen MR) is 82.9 cm³/mol. The molecular weight excluding hydrogens is 298 g/mol. The Bertz CT molecular complexity index is 531. The fraction of sp³-hybridized carbons (Fsp3) is 0.800. The number of hydrogen-bond acceptors (Lipinski definition) is 5. The van der Waals surface area contributed by atoms with Gasteiger partial charge in [-0.05, 0) is 25.7 Å². The van der Waals surface area contributed by atoms with Crippen molar-refractivity contribution in [2.45, 2.75) is 38.5 Å². The van der Waals surface area contributed by atoms with Crippen LogP contribution in [0.3, 0.4) is 0 Å². The van der Waals surface area contributed by atoms with Crippen LogP contribution in [-0.2, 0) is 16.0 Å². The molecule has 0 bridgehead atoms. The van der Waals surface area contributed by atoms with Crippen molar-refractivity contribution in [2.75, 3.05) is 33.4 Å². The Morgan fingerprint density at radius 2 is 2.39 bits per heavy atom. The van der Waals surface area contributed by atoms with Crippen molar-refractivity contribution >= 4 is 6.03 Å². The normalized spacial score (nSPS) is 22.9. The van der Waals surface area contributed by atoms with Gasteiger partial charge in [-0.15, -0.1) is 10.2 Å². The van der Waals surface area contributed by atoms with E-state index in [1.165, 1.54) is 12.8 Å². The van der Waals surface area contributed by atoms with E-state index in [1.807, 2.05) is 11.5 Å². The van der Waals surface area contributed by atoms with Crippen molar-refractivity contribution in [2.24, 2.45) is 5.92 Å². The molecule has 23 heavy (non-hydrogen) atoms. The molecule has 8 nitrogen and oxygen atoms in total. The van der Waals surface area contributed by atoms with Gasteiger partial charge in [0.1, 0.15) is 12.4 Å². The Morgan fingerprint density at radius 3 is 3.09 bits per heavy atom. The maximum absolute atomic E-state index is 12.5. The first-order valence-electron chi connectivity index (χ1n) is 8.26. The number of aromatic nitrogens is 3. The largest absolute Gasteiger partial charge is 0.383 e. The second kappa shape index (κ2) is 7.27. The summed E-state index contributed by atoms with van der Waals surface area (Å²) < 4.78 is 13.0. The minimum atomic E-state index is -0.223. The van der Waals surface area contributed by atoms with Gasteiger partial charge in [-0.25, -0.2) is 4.79 Å². The van der Waals surface area contributed by atoms with E-state index in [0.717, 1.165) is 12.4 Å². The highest BCUT2D eigenvalue weighted by molar-refractivity contribution is 5.74. The number of amides is 2. The lowest BCUT2D eigenvalue weighted by molar-refractivity contribution is -0.0225. The summed E-state index contributed by atoms with van der Waals surface area (Å²) in [6, 6.07) is 0.0582. The summed E-state index contributed by atoms with van der Waals surface area (Å²) in [6.45, 7) is 4.97. The van der Waals surface area contributed by atoms with Gasteiger partial charge in [-0.3, -0.25) is 0 Å². The van der Waals surface area contributed by atoms with Crippen molar-refractivity contribution in [1.29, 1.82) is 0 Å². The summed E-state index contributed by atoms with van der Waals surface area (Å²) in [5, 5.41) is 11.2.